The first-order chi connectivity index (χ1) is 8.83. The summed E-state index contributed by atoms with van der Waals surface area (Å²) in [6.45, 7) is 1.04. The lowest BCUT2D eigenvalue weighted by molar-refractivity contribution is -0.116. The van der Waals surface area contributed by atoms with E-state index in [0.29, 0.717) is 12.5 Å². The van der Waals surface area contributed by atoms with Crippen molar-refractivity contribution >= 4 is 33.0 Å². The fraction of sp³-hybridized carbons (Fsp3) is 0.357. The van der Waals surface area contributed by atoms with E-state index in [1.54, 1.807) is 11.3 Å². The lowest BCUT2D eigenvalue weighted by Gasteiger charge is -2.09. The minimum Gasteiger partial charge on any atom is -0.325 e. The van der Waals surface area contributed by atoms with Crippen LogP contribution in [0.15, 0.2) is 29.6 Å². The molecule has 0 aliphatic carbocycles. The predicted molar refractivity (Wildman–Crippen MR) is 76.1 cm³/mol. The van der Waals surface area contributed by atoms with Gasteiger partial charge in [0.15, 0.2) is 0 Å². The molecule has 1 atom stereocenters. The van der Waals surface area contributed by atoms with Gasteiger partial charge in [0.25, 0.3) is 0 Å². The first-order valence-electron chi connectivity index (χ1n) is 6.32. The number of anilines is 1. The minimum absolute atomic E-state index is 0.109. The van der Waals surface area contributed by atoms with Gasteiger partial charge in [0.1, 0.15) is 0 Å². The van der Waals surface area contributed by atoms with Crippen molar-refractivity contribution in [2.45, 2.75) is 25.3 Å². The van der Waals surface area contributed by atoms with E-state index in [0.717, 1.165) is 24.0 Å². The van der Waals surface area contributed by atoms with Crippen LogP contribution in [0.4, 0.5) is 5.69 Å². The molecule has 1 aromatic heterocycles. The van der Waals surface area contributed by atoms with Gasteiger partial charge in [0.2, 0.25) is 5.91 Å². The summed E-state index contributed by atoms with van der Waals surface area (Å²) in [6, 6.07) is 8.51. The number of hydrogen-bond acceptors (Lipinski definition) is 3. The van der Waals surface area contributed by atoms with Gasteiger partial charge in [0, 0.05) is 27.9 Å². The van der Waals surface area contributed by atoms with Gasteiger partial charge in [-0.05, 0) is 25.5 Å². The van der Waals surface area contributed by atoms with Crippen LogP contribution < -0.4 is 10.6 Å². The quantitative estimate of drug-likeness (QED) is 0.890. The molecule has 94 valence electrons. The first kappa shape index (κ1) is 11.7. The van der Waals surface area contributed by atoms with E-state index in [-0.39, 0.29) is 5.91 Å². The SMILES string of the molecule is O=C(CC1CCCN1)Nc1csc2ccccc12. The third-order valence-electron chi connectivity index (χ3n) is 3.35. The Morgan fingerprint density at radius 2 is 2.33 bits per heavy atom. The number of carbonyl (C=O) groups excluding carboxylic acids is 1. The Bertz CT molecular complexity index is 558. The topological polar surface area (TPSA) is 41.1 Å². The van der Waals surface area contributed by atoms with Crippen LogP contribution in [0.1, 0.15) is 19.3 Å². The van der Waals surface area contributed by atoms with Crippen molar-refractivity contribution in [2.75, 3.05) is 11.9 Å². The highest BCUT2D eigenvalue weighted by atomic mass is 32.1. The van der Waals surface area contributed by atoms with Gasteiger partial charge in [-0.15, -0.1) is 11.3 Å². The van der Waals surface area contributed by atoms with Gasteiger partial charge < -0.3 is 10.6 Å². The van der Waals surface area contributed by atoms with Crippen molar-refractivity contribution in [3.8, 4) is 0 Å². The Hall–Kier alpha value is -1.39. The molecule has 3 nitrogen and oxygen atoms in total. The molecular weight excluding hydrogens is 244 g/mol. The molecule has 3 rings (SSSR count). The van der Waals surface area contributed by atoms with Crippen LogP contribution in [-0.4, -0.2) is 18.5 Å². The molecule has 2 aromatic rings. The molecule has 0 bridgehead atoms. The van der Waals surface area contributed by atoms with E-state index < -0.39 is 0 Å². The van der Waals surface area contributed by atoms with Gasteiger partial charge in [0.05, 0.1) is 5.69 Å². The maximum Gasteiger partial charge on any atom is 0.225 e. The van der Waals surface area contributed by atoms with Crippen molar-refractivity contribution in [3.63, 3.8) is 0 Å². The number of fused-ring (bicyclic) bond motifs is 1. The number of benzene rings is 1. The second-order valence-electron chi connectivity index (χ2n) is 4.69. The zero-order valence-corrected chi connectivity index (χ0v) is 10.9. The van der Waals surface area contributed by atoms with Crippen LogP contribution in [-0.2, 0) is 4.79 Å². The van der Waals surface area contributed by atoms with Crippen LogP contribution in [0.25, 0.3) is 10.1 Å². The first-order valence-corrected chi connectivity index (χ1v) is 7.20. The summed E-state index contributed by atoms with van der Waals surface area (Å²) in [5, 5.41) is 9.52. The lowest BCUT2D eigenvalue weighted by atomic mass is 10.1. The van der Waals surface area contributed by atoms with Crippen LogP contribution >= 0.6 is 11.3 Å². The number of amides is 1. The molecule has 4 heteroatoms. The summed E-state index contributed by atoms with van der Waals surface area (Å²) >= 11 is 1.67. The molecule has 1 aliphatic rings. The highest BCUT2D eigenvalue weighted by Gasteiger charge is 2.18. The minimum atomic E-state index is 0.109. The van der Waals surface area contributed by atoms with Gasteiger partial charge >= 0.3 is 0 Å². The summed E-state index contributed by atoms with van der Waals surface area (Å²) in [4.78, 5) is 12.0. The van der Waals surface area contributed by atoms with Gasteiger partial charge in [-0.25, -0.2) is 0 Å². The van der Waals surface area contributed by atoms with E-state index in [4.69, 9.17) is 0 Å². The standard InChI is InChI=1S/C14H16N2OS/c17-14(8-10-4-3-7-15-10)16-12-9-18-13-6-2-1-5-11(12)13/h1-2,5-6,9-10,15H,3-4,7-8H2,(H,16,17). The molecule has 0 spiro atoms. The molecule has 0 saturated carbocycles. The predicted octanol–water partition coefficient (Wildman–Crippen LogP) is 2.98. The number of carbonyl (C=O) groups is 1. The van der Waals surface area contributed by atoms with Gasteiger partial charge in [-0.2, -0.15) is 0 Å². The molecule has 1 saturated heterocycles. The van der Waals surface area contributed by atoms with E-state index >= 15 is 0 Å². The van der Waals surface area contributed by atoms with Crippen molar-refractivity contribution in [2.24, 2.45) is 0 Å². The average Bonchev–Trinajstić information content (AvgIpc) is 3.00. The zero-order chi connectivity index (χ0) is 12.4. The van der Waals surface area contributed by atoms with E-state index in [1.807, 2.05) is 17.5 Å². The number of nitrogens with one attached hydrogen (secondary N) is 2. The third-order valence-corrected chi connectivity index (χ3v) is 4.31. The maximum atomic E-state index is 12.0. The number of hydrogen-bond donors (Lipinski definition) is 2. The van der Waals surface area contributed by atoms with Crippen molar-refractivity contribution in [3.05, 3.63) is 29.6 Å². The third kappa shape index (κ3) is 2.40. The second-order valence-corrected chi connectivity index (χ2v) is 5.60. The zero-order valence-electron chi connectivity index (χ0n) is 10.1. The summed E-state index contributed by atoms with van der Waals surface area (Å²) in [5.41, 5.74) is 0.943. The van der Waals surface area contributed by atoms with Gasteiger partial charge in [-0.1, -0.05) is 18.2 Å². The smallest absolute Gasteiger partial charge is 0.225 e. The Kier molecular flexibility index (Phi) is 3.30. The van der Waals surface area contributed by atoms with Crippen LogP contribution in [0.5, 0.6) is 0 Å². The lowest BCUT2D eigenvalue weighted by Crippen LogP contribution is -2.27. The molecule has 1 aromatic carbocycles. The Labute approximate surface area is 110 Å². The second kappa shape index (κ2) is 5.08. The highest BCUT2D eigenvalue weighted by Crippen LogP contribution is 2.30. The van der Waals surface area contributed by atoms with Crippen LogP contribution in [0, 0.1) is 0 Å². The monoisotopic (exact) mass is 260 g/mol. The maximum absolute atomic E-state index is 12.0. The molecule has 2 N–H and O–H groups in total. The van der Waals surface area contributed by atoms with E-state index in [9.17, 15) is 4.79 Å². The molecule has 1 amide bonds. The van der Waals surface area contributed by atoms with Crippen molar-refractivity contribution in [1.29, 1.82) is 0 Å². The molecule has 1 unspecified atom stereocenters. The van der Waals surface area contributed by atoms with E-state index in [2.05, 4.69) is 22.8 Å². The van der Waals surface area contributed by atoms with Crippen molar-refractivity contribution < 1.29 is 4.79 Å². The van der Waals surface area contributed by atoms with Crippen molar-refractivity contribution in [1.82, 2.24) is 5.32 Å². The summed E-state index contributed by atoms with van der Waals surface area (Å²) in [6.07, 6.45) is 2.86. The summed E-state index contributed by atoms with van der Waals surface area (Å²) < 4.78 is 1.21. The Morgan fingerprint density at radius 1 is 1.44 bits per heavy atom. The summed E-state index contributed by atoms with van der Waals surface area (Å²) in [7, 11) is 0. The Morgan fingerprint density at radius 3 is 3.17 bits per heavy atom. The number of rotatable bonds is 3. The molecule has 1 aliphatic heterocycles. The Balaban J connectivity index is 1.70. The largest absolute Gasteiger partial charge is 0.325 e. The number of thiophene rings is 1. The highest BCUT2D eigenvalue weighted by molar-refractivity contribution is 7.17. The molecule has 1 fully saturated rings. The van der Waals surface area contributed by atoms with Gasteiger partial charge in [-0.3, -0.25) is 4.79 Å². The molecule has 0 radical (unpaired) electrons. The average molecular weight is 260 g/mol. The fourth-order valence-corrected chi connectivity index (χ4v) is 3.32. The normalized spacial score (nSPS) is 19.2. The van der Waals surface area contributed by atoms with Crippen LogP contribution in [0.3, 0.4) is 0 Å². The molecule has 18 heavy (non-hydrogen) atoms. The fourth-order valence-electron chi connectivity index (χ4n) is 2.43. The van der Waals surface area contributed by atoms with Crippen LogP contribution in [0.2, 0.25) is 0 Å². The molecular formula is C14H16N2OS. The van der Waals surface area contributed by atoms with E-state index in [1.165, 1.54) is 11.1 Å². The summed E-state index contributed by atoms with van der Waals surface area (Å²) in [5.74, 6) is 0.109. The molecule has 2 heterocycles.